The van der Waals surface area contributed by atoms with Gasteiger partial charge in [0.1, 0.15) is 6.73 Å². The number of hydrogen-bond donors (Lipinski definition) is 0. The van der Waals surface area contributed by atoms with Crippen LogP contribution in [0.25, 0.3) is 0 Å². The summed E-state index contributed by atoms with van der Waals surface area (Å²) >= 11 is 0. The Hall–Kier alpha value is -0.610. The fourth-order valence-corrected chi connectivity index (χ4v) is 2.74. The van der Waals surface area contributed by atoms with Crippen LogP contribution in [0.3, 0.4) is 0 Å². The summed E-state index contributed by atoms with van der Waals surface area (Å²) in [6.07, 6.45) is 10.5. The highest BCUT2D eigenvalue weighted by molar-refractivity contribution is 5.46. The Kier molecular flexibility index (Phi) is 8.86. The Morgan fingerprint density at radius 2 is 1.70 bits per heavy atom. The predicted molar refractivity (Wildman–Crippen MR) is 82.6 cm³/mol. The molecule has 0 aromatic carbocycles. The molecule has 20 heavy (non-hydrogen) atoms. The Labute approximate surface area is 124 Å². The number of carbonyl (C=O) groups is 1. The molecule has 1 rings (SSSR count). The largest absolute Gasteiger partial charge is 0.358 e. The van der Waals surface area contributed by atoms with Gasteiger partial charge in [0.2, 0.25) is 6.41 Å². The average molecular weight is 284 g/mol. The SMILES string of the molecule is CC(C)OCN(C=O)CCN(C)C1CCCCCCC1. The highest BCUT2D eigenvalue weighted by atomic mass is 16.5. The van der Waals surface area contributed by atoms with Crippen molar-refractivity contribution < 1.29 is 9.53 Å². The highest BCUT2D eigenvalue weighted by Crippen LogP contribution is 2.20. The van der Waals surface area contributed by atoms with Crippen molar-refractivity contribution in [2.75, 3.05) is 26.9 Å². The van der Waals surface area contributed by atoms with E-state index in [0.717, 1.165) is 19.5 Å². The van der Waals surface area contributed by atoms with Gasteiger partial charge in [-0.15, -0.1) is 0 Å². The van der Waals surface area contributed by atoms with E-state index in [1.54, 1.807) is 4.90 Å². The van der Waals surface area contributed by atoms with Gasteiger partial charge in [-0.3, -0.25) is 4.79 Å². The van der Waals surface area contributed by atoms with Gasteiger partial charge in [0.05, 0.1) is 6.10 Å². The Morgan fingerprint density at radius 1 is 1.10 bits per heavy atom. The summed E-state index contributed by atoms with van der Waals surface area (Å²) in [4.78, 5) is 15.2. The van der Waals surface area contributed by atoms with E-state index in [-0.39, 0.29) is 6.10 Å². The zero-order valence-electron chi connectivity index (χ0n) is 13.5. The minimum Gasteiger partial charge on any atom is -0.358 e. The molecule has 4 heteroatoms. The first-order valence-corrected chi connectivity index (χ1v) is 8.14. The third-order valence-corrected chi connectivity index (χ3v) is 4.16. The molecule has 118 valence electrons. The maximum absolute atomic E-state index is 11.0. The lowest BCUT2D eigenvalue weighted by molar-refractivity contribution is -0.125. The molecule has 0 N–H and O–H groups in total. The van der Waals surface area contributed by atoms with Gasteiger partial charge in [0.15, 0.2) is 0 Å². The minimum absolute atomic E-state index is 0.167. The molecule has 1 fully saturated rings. The Bertz CT molecular complexity index is 251. The fraction of sp³-hybridized carbons (Fsp3) is 0.938. The van der Waals surface area contributed by atoms with Crippen molar-refractivity contribution >= 4 is 6.41 Å². The molecule has 0 bridgehead atoms. The van der Waals surface area contributed by atoms with Crippen molar-refractivity contribution in [3.8, 4) is 0 Å². The minimum atomic E-state index is 0.167. The number of ether oxygens (including phenoxy) is 1. The number of carbonyl (C=O) groups excluding carboxylic acids is 1. The Balaban J connectivity index is 2.28. The molecule has 1 saturated carbocycles. The second kappa shape index (κ2) is 10.2. The summed E-state index contributed by atoms with van der Waals surface area (Å²) < 4.78 is 5.49. The Morgan fingerprint density at radius 3 is 2.25 bits per heavy atom. The lowest BCUT2D eigenvalue weighted by atomic mass is 9.96. The van der Waals surface area contributed by atoms with E-state index in [1.165, 1.54) is 44.9 Å². The van der Waals surface area contributed by atoms with E-state index in [1.807, 2.05) is 13.8 Å². The van der Waals surface area contributed by atoms with Gasteiger partial charge >= 0.3 is 0 Å². The van der Waals surface area contributed by atoms with Gasteiger partial charge in [0.25, 0.3) is 0 Å². The highest BCUT2D eigenvalue weighted by Gasteiger charge is 2.16. The summed E-state index contributed by atoms with van der Waals surface area (Å²) in [7, 11) is 2.19. The van der Waals surface area contributed by atoms with Crippen LogP contribution in [0.1, 0.15) is 58.8 Å². The fourth-order valence-electron chi connectivity index (χ4n) is 2.74. The molecule has 0 radical (unpaired) electrons. The molecule has 1 amide bonds. The maximum Gasteiger partial charge on any atom is 0.211 e. The molecule has 0 aromatic heterocycles. The number of likely N-dealkylation sites (N-methyl/N-ethyl adjacent to an activating group) is 1. The smallest absolute Gasteiger partial charge is 0.211 e. The second-order valence-corrected chi connectivity index (χ2v) is 6.24. The van der Waals surface area contributed by atoms with Gasteiger partial charge in [-0.25, -0.2) is 0 Å². The van der Waals surface area contributed by atoms with Crippen LogP contribution in [0.2, 0.25) is 0 Å². The molecule has 0 unspecified atom stereocenters. The van der Waals surface area contributed by atoms with Gasteiger partial charge in [-0.05, 0) is 33.7 Å². The van der Waals surface area contributed by atoms with Gasteiger partial charge < -0.3 is 14.5 Å². The first-order chi connectivity index (χ1) is 9.63. The lowest BCUT2D eigenvalue weighted by Crippen LogP contribution is -2.39. The topological polar surface area (TPSA) is 32.8 Å². The molecule has 0 spiro atoms. The van der Waals surface area contributed by atoms with Gasteiger partial charge in [0, 0.05) is 19.1 Å². The maximum atomic E-state index is 11.0. The standard InChI is InChI=1S/C16H32N2O2/c1-15(2)20-14-18(13-19)12-11-17(3)16-9-7-5-4-6-8-10-16/h13,15-16H,4-12,14H2,1-3H3. The van der Waals surface area contributed by atoms with E-state index >= 15 is 0 Å². The monoisotopic (exact) mass is 284 g/mol. The average Bonchev–Trinajstić information content (AvgIpc) is 2.38. The van der Waals surface area contributed by atoms with Crippen molar-refractivity contribution in [1.29, 1.82) is 0 Å². The normalized spacial score (nSPS) is 18.1. The van der Waals surface area contributed by atoms with Crippen LogP contribution >= 0.6 is 0 Å². The number of nitrogens with zero attached hydrogens (tertiary/aromatic N) is 2. The number of rotatable bonds is 8. The van der Waals surface area contributed by atoms with Crippen molar-refractivity contribution in [3.05, 3.63) is 0 Å². The van der Waals surface area contributed by atoms with Gasteiger partial charge in [-0.1, -0.05) is 32.1 Å². The van der Waals surface area contributed by atoms with Crippen LogP contribution in [0.4, 0.5) is 0 Å². The molecule has 0 aromatic rings. The number of hydrogen-bond acceptors (Lipinski definition) is 3. The van der Waals surface area contributed by atoms with E-state index in [9.17, 15) is 4.79 Å². The van der Waals surface area contributed by atoms with Crippen molar-refractivity contribution in [1.82, 2.24) is 9.80 Å². The van der Waals surface area contributed by atoms with Crippen LogP contribution < -0.4 is 0 Å². The van der Waals surface area contributed by atoms with Crippen LogP contribution in [-0.2, 0) is 9.53 Å². The van der Waals surface area contributed by atoms with E-state index < -0.39 is 0 Å². The zero-order valence-corrected chi connectivity index (χ0v) is 13.5. The quantitative estimate of drug-likeness (QED) is 0.507. The van der Waals surface area contributed by atoms with E-state index in [0.29, 0.717) is 12.8 Å². The summed E-state index contributed by atoms with van der Waals surface area (Å²) in [6, 6.07) is 0.690. The van der Waals surface area contributed by atoms with E-state index in [4.69, 9.17) is 4.74 Å². The van der Waals surface area contributed by atoms with Crippen LogP contribution in [0.5, 0.6) is 0 Å². The molecule has 0 saturated heterocycles. The molecule has 1 aliphatic rings. The van der Waals surface area contributed by atoms with Crippen molar-refractivity contribution in [2.24, 2.45) is 0 Å². The van der Waals surface area contributed by atoms with E-state index in [2.05, 4.69) is 11.9 Å². The summed E-state index contributed by atoms with van der Waals surface area (Å²) in [5, 5.41) is 0. The van der Waals surface area contributed by atoms with Crippen LogP contribution in [0.15, 0.2) is 0 Å². The lowest BCUT2D eigenvalue weighted by Gasteiger charge is -2.31. The molecule has 0 heterocycles. The molecule has 0 aliphatic heterocycles. The van der Waals surface area contributed by atoms with Crippen LogP contribution in [-0.4, -0.2) is 55.2 Å². The molecule has 4 nitrogen and oxygen atoms in total. The summed E-state index contributed by atoms with van der Waals surface area (Å²) in [6.45, 7) is 6.07. The predicted octanol–water partition coefficient (Wildman–Crippen LogP) is 2.87. The second-order valence-electron chi connectivity index (χ2n) is 6.24. The molecule has 1 aliphatic carbocycles. The third-order valence-electron chi connectivity index (χ3n) is 4.16. The molecular formula is C16H32N2O2. The van der Waals surface area contributed by atoms with Gasteiger partial charge in [-0.2, -0.15) is 0 Å². The zero-order chi connectivity index (χ0) is 14.8. The van der Waals surface area contributed by atoms with Crippen molar-refractivity contribution in [2.45, 2.75) is 70.9 Å². The molecular weight excluding hydrogens is 252 g/mol. The van der Waals surface area contributed by atoms with Crippen LogP contribution in [0, 0.1) is 0 Å². The van der Waals surface area contributed by atoms with Crippen molar-refractivity contribution in [3.63, 3.8) is 0 Å². The third kappa shape index (κ3) is 7.25. The summed E-state index contributed by atoms with van der Waals surface area (Å²) in [5.41, 5.74) is 0. The molecule has 0 atom stereocenters. The number of amides is 1. The summed E-state index contributed by atoms with van der Waals surface area (Å²) in [5.74, 6) is 0. The first-order valence-electron chi connectivity index (χ1n) is 8.14. The first kappa shape index (κ1) is 17.4.